The standard InChI is InChI=1S/C9H19N3/c1-7(12-9(10)11-2)8-5-3-4-6-8/h7-8H,3-6H2,1-2H3,(H3,10,11,12). The zero-order valence-corrected chi connectivity index (χ0v) is 8.01. The molecule has 0 bridgehead atoms. The van der Waals surface area contributed by atoms with E-state index in [0.29, 0.717) is 12.0 Å². The summed E-state index contributed by atoms with van der Waals surface area (Å²) < 4.78 is 0. The van der Waals surface area contributed by atoms with Gasteiger partial charge in [0.25, 0.3) is 0 Å². The van der Waals surface area contributed by atoms with Gasteiger partial charge in [0.05, 0.1) is 0 Å². The molecule has 0 radical (unpaired) electrons. The highest BCUT2D eigenvalue weighted by molar-refractivity contribution is 5.77. The van der Waals surface area contributed by atoms with Gasteiger partial charge >= 0.3 is 0 Å². The molecule has 1 aliphatic carbocycles. The zero-order chi connectivity index (χ0) is 8.97. The van der Waals surface area contributed by atoms with Gasteiger partial charge in [-0.05, 0) is 25.7 Å². The van der Waals surface area contributed by atoms with Gasteiger partial charge in [-0.15, -0.1) is 0 Å². The van der Waals surface area contributed by atoms with E-state index in [1.54, 1.807) is 7.05 Å². The zero-order valence-electron chi connectivity index (χ0n) is 8.01. The van der Waals surface area contributed by atoms with Crippen LogP contribution >= 0.6 is 0 Å². The SMILES string of the molecule is CN=C(N)NC(C)C1CCCC1. The molecule has 1 fully saturated rings. The van der Waals surface area contributed by atoms with E-state index in [9.17, 15) is 0 Å². The molecule has 3 nitrogen and oxygen atoms in total. The molecule has 1 saturated carbocycles. The van der Waals surface area contributed by atoms with E-state index in [0.717, 1.165) is 5.92 Å². The molecule has 3 N–H and O–H groups in total. The van der Waals surface area contributed by atoms with E-state index in [2.05, 4.69) is 17.2 Å². The Morgan fingerprint density at radius 3 is 2.58 bits per heavy atom. The average molecular weight is 169 g/mol. The second-order valence-electron chi connectivity index (χ2n) is 3.59. The number of nitrogens with one attached hydrogen (secondary N) is 1. The van der Waals surface area contributed by atoms with Gasteiger partial charge in [-0.25, -0.2) is 0 Å². The molecule has 1 aliphatic rings. The van der Waals surface area contributed by atoms with Crippen molar-refractivity contribution in [1.82, 2.24) is 5.32 Å². The van der Waals surface area contributed by atoms with Crippen molar-refractivity contribution in [3.05, 3.63) is 0 Å². The normalized spacial score (nSPS) is 22.7. The van der Waals surface area contributed by atoms with Crippen molar-refractivity contribution in [2.45, 2.75) is 38.6 Å². The number of hydrogen-bond donors (Lipinski definition) is 2. The van der Waals surface area contributed by atoms with Crippen LogP contribution < -0.4 is 11.1 Å². The summed E-state index contributed by atoms with van der Waals surface area (Å²) in [6.45, 7) is 2.19. The van der Waals surface area contributed by atoms with Gasteiger partial charge in [-0.1, -0.05) is 12.8 Å². The summed E-state index contributed by atoms with van der Waals surface area (Å²) in [5.74, 6) is 1.36. The van der Waals surface area contributed by atoms with Crippen LogP contribution in [-0.2, 0) is 0 Å². The summed E-state index contributed by atoms with van der Waals surface area (Å²) in [4.78, 5) is 3.88. The molecule has 0 spiro atoms. The van der Waals surface area contributed by atoms with Gasteiger partial charge in [0.2, 0.25) is 0 Å². The Morgan fingerprint density at radius 1 is 1.50 bits per heavy atom. The molecule has 0 aromatic rings. The highest BCUT2D eigenvalue weighted by Gasteiger charge is 2.21. The summed E-state index contributed by atoms with van der Waals surface area (Å²) >= 11 is 0. The first-order valence-corrected chi connectivity index (χ1v) is 4.73. The maximum absolute atomic E-state index is 5.58. The van der Waals surface area contributed by atoms with Gasteiger partial charge in [-0.2, -0.15) is 0 Å². The lowest BCUT2D eigenvalue weighted by Gasteiger charge is -2.20. The van der Waals surface area contributed by atoms with Crippen molar-refractivity contribution >= 4 is 5.96 Å². The monoisotopic (exact) mass is 169 g/mol. The predicted octanol–water partition coefficient (Wildman–Crippen LogP) is 1.10. The molecule has 0 aromatic heterocycles. The molecule has 70 valence electrons. The first kappa shape index (κ1) is 9.36. The fraction of sp³-hybridized carbons (Fsp3) is 0.889. The Kier molecular flexibility index (Phi) is 3.38. The molecule has 3 heteroatoms. The number of rotatable bonds is 2. The van der Waals surface area contributed by atoms with Crippen LogP contribution in [0.4, 0.5) is 0 Å². The quantitative estimate of drug-likeness (QED) is 0.480. The maximum atomic E-state index is 5.58. The van der Waals surface area contributed by atoms with Gasteiger partial charge < -0.3 is 11.1 Å². The van der Waals surface area contributed by atoms with Crippen molar-refractivity contribution in [1.29, 1.82) is 0 Å². The van der Waals surface area contributed by atoms with Crippen molar-refractivity contribution in [3.8, 4) is 0 Å². The Hall–Kier alpha value is -0.730. The number of aliphatic imine (C=N–C) groups is 1. The molecule has 0 heterocycles. The number of hydrogen-bond acceptors (Lipinski definition) is 1. The molecular weight excluding hydrogens is 150 g/mol. The van der Waals surface area contributed by atoms with E-state index in [4.69, 9.17) is 5.73 Å². The smallest absolute Gasteiger partial charge is 0.188 e. The topological polar surface area (TPSA) is 50.4 Å². The Bertz CT molecular complexity index is 159. The second-order valence-corrected chi connectivity index (χ2v) is 3.59. The van der Waals surface area contributed by atoms with Crippen molar-refractivity contribution in [2.75, 3.05) is 7.05 Å². The largest absolute Gasteiger partial charge is 0.370 e. The van der Waals surface area contributed by atoms with Crippen molar-refractivity contribution in [2.24, 2.45) is 16.6 Å². The number of nitrogens with zero attached hydrogens (tertiary/aromatic N) is 1. The van der Waals surface area contributed by atoms with Crippen LogP contribution in [0.15, 0.2) is 4.99 Å². The average Bonchev–Trinajstić information content (AvgIpc) is 2.56. The van der Waals surface area contributed by atoms with Gasteiger partial charge in [-0.3, -0.25) is 4.99 Å². The predicted molar refractivity (Wildman–Crippen MR) is 52.1 cm³/mol. The van der Waals surface area contributed by atoms with Crippen LogP contribution in [0.25, 0.3) is 0 Å². The second kappa shape index (κ2) is 4.33. The van der Waals surface area contributed by atoms with E-state index < -0.39 is 0 Å². The third-order valence-electron chi connectivity index (χ3n) is 2.72. The fourth-order valence-corrected chi connectivity index (χ4v) is 1.87. The van der Waals surface area contributed by atoms with Crippen LogP contribution in [0.5, 0.6) is 0 Å². The highest BCUT2D eigenvalue weighted by atomic mass is 15.1. The third kappa shape index (κ3) is 2.40. The van der Waals surface area contributed by atoms with E-state index in [-0.39, 0.29) is 0 Å². The Morgan fingerprint density at radius 2 is 2.08 bits per heavy atom. The van der Waals surface area contributed by atoms with Gasteiger partial charge in [0, 0.05) is 13.1 Å². The van der Waals surface area contributed by atoms with Crippen LogP contribution in [0.1, 0.15) is 32.6 Å². The summed E-state index contributed by atoms with van der Waals surface area (Å²) in [7, 11) is 1.71. The molecule has 0 saturated heterocycles. The number of nitrogens with two attached hydrogens (primary N) is 1. The van der Waals surface area contributed by atoms with Crippen molar-refractivity contribution in [3.63, 3.8) is 0 Å². The van der Waals surface area contributed by atoms with E-state index in [1.807, 2.05) is 0 Å². The summed E-state index contributed by atoms with van der Waals surface area (Å²) in [5.41, 5.74) is 5.58. The Labute approximate surface area is 74.4 Å². The molecule has 0 amide bonds. The summed E-state index contributed by atoms with van der Waals surface area (Å²) in [6.07, 6.45) is 5.43. The first-order valence-electron chi connectivity index (χ1n) is 4.73. The van der Waals surface area contributed by atoms with Crippen LogP contribution in [0, 0.1) is 5.92 Å². The maximum Gasteiger partial charge on any atom is 0.188 e. The molecule has 12 heavy (non-hydrogen) atoms. The third-order valence-corrected chi connectivity index (χ3v) is 2.72. The molecule has 1 rings (SSSR count). The summed E-state index contributed by atoms with van der Waals surface area (Å²) in [5, 5.41) is 3.20. The minimum Gasteiger partial charge on any atom is -0.370 e. The van der Waals surface area contributed by atoms with E-state index in [1.165, 1.54) is 25.7 Å². The Balaban J connectivity index is 2.31. The molecule has 0 aliphatic heterocycles. The van der Waals surface area contributed by atoms with Crippen LogP contribution in [-0.4, -0.2) is 19.0 Å². The van der Waals surface area contributed by atoms with Gasteiger partial charge in [0.15, 0.2) is 5.96 Å². The molecule has 1 unspecified atom stereocenters. The summed E-state index contributed by atoms with van der Waals surface area (Å²) in [6, 6.07) is 0.483. The number of guanidine groups is 1. The lowest BCUT2D eigenvalue weighted by atomic mass is 10.0. The van der Waals surface area contributed by atoms with Crippen molar-refractivity contribution < 1.29 is 0 Å². The highest BCUT2D eigenvalue weighted by Crippen LogP contribution is 2.27. The van der Waals surface area contributed by atoms with Crippen LogP contribution in [0.2, 0.25) is 0 Å². The molecule has 0 aromatic carbocycles. The first-order chi connectivity index (χ1) is 5.74. The van der Waals surface area contributed by atoms with E-state index >= 15 is 0 Å². The van der Waals surface area contributed by atoms with Gasteiger partial charge in [0.1, 0.15) is 0 Å². The lowest BCUT2D eigenvalue weighted by molar-refractivity contribution is 0.425. The fourth-order valence-electron chi connectivity index (χ4n) is 1.87. The molecular formula is C9H19N3. The minimum absolute atomic E-state index is 0.483. The lowest BCUT2D eigenvalue weighted by Crippen LogP contribution is -2.41. The minimum atomic E-state index is 0.483. The van der Waals surface area contributed by atoms with Crippen LogP contribution in [0.3, 0.4) is 0 Å². The molecule has 1 atom stereocenters.